The fraction of sp³-hybridized carbons (Fsp3) is 0.333. The molecule has 8 rings (SSSR count). The maximum Gasteiger partial charge on any atom is 0.325 e. The molecule has 2 aliphatic rings. The highest BCUT2D eigenvalue weighted by molar-refractivity contribution is 6.31. The highest BCUT2D eigenvalue weighted by Gasteiger charge is 2.36. The van der Waals surface area contributed by atoms with Crippen molar-refractivity contribution in [3.05, 3.63) is 129 Å². The summed E-state index contributed by atoms with van der Waals surface area (Å²) in [6.07, 6.45) is 1.30. The van der Waals surface area contributed by atoms with E-state index in [1.54, 1.807) is 66.7 Å². The molecule has 2 heterocycles. The van der Waals surface area contributed by atoms with Gasteiger partial charge in [0.2, 0.25) is 17.7 Å². The summed E-state index contributed by atoms with van der Waals surface area (Å²) in [4.78, 5) is 72.8. The molecule has 0 saturated heterocycles. The monoisotopic (exact) mass is 990 g/mol. The Morgan fingerprint density at radius 3 is 1.59 bits per heavy atom. The first-order chi connectivity index (χ1) is 32.9. The Labute approximate surface area is 404 Å². The van der Waals surface area contributed by atoms with Gasteiger partial charge < -0.3 is 36.2 Å². The normalized spacial score (nSPS) is 17.0. The maximum absolute atomic E-state index is 14.1. The molecule has 17 nitrogen and oxygen atoms in total. The highest BCUT2D eigenvalue weighted by Crippen LogP contribution is 2.27. The van der Waals surface area contributed by atoms with Crippen molar-refractivity contribution in [2.75, 3.05) is 13.1 Å². The van der Waals surface area contributed by atoms with Gasteiger partial charge in [-0.3, -0.25) is 38.1 Å². The number of hydrogen-bond donors (Lipinski definition) is 6. The molecule has 2 aliphatic carbocycles. The van der Waals surface area contributed by atoms with E-state index in [-0.39, 0.29) is 102 Å². The molecule has 69 heavy (non-hydrogen) atoms. The van der Waals surface area contributed by atoms with Crippen LogP contribution in [0.1, 0.15) is 71.6 Å². The van der Waals surface area contributed by atoms with E-state index in [1.165, 1.54) is 46.3 Å². The van der Waals surface area contributed by atoms with Gasteiger partial charge in [-0.15, -0.1) is 0 Å². The molecule has 2 aromatic heterocycles. The van der Waals surface area contributed by atoms with Crippen LogP contribution in [0.5, 0.6) is 0 Å². The maximum atomic E-state index is 14.1. The standard InChI is InChI=1S/C24H24ClFN4O4.C13H16ClFN2O2.C11H10N2O3/c1-14(31)24-18-6-2-3-8-20(18)30(28-24)13-22(34)29(16-9-17(32)10-16)12-21(33)27-11-15-5-4-7-19(25)23(15)26;14-11-3-1-2-8(13(11)15)6-17-12(19)7-16-9-4-10(18)5-9;1-7(14)11-8-4-2-3-5-9(8)13(12-11)6-10(15)16/h2-8,16-17,32H,9-13H2,1H3,(H,27,33);1-3,9-10,16,18H,4-7H2,(H,17,19);2-5H,6H2,1H3,(H,15,16). The van der Waals surface area contributed by atoms with Gasteiger partial charge in [0.05, 0.1) is 46.4 Å². The number of aliphatic hydroxyl groups excluding tert-OH is 2. The van der Waals surface area contributed by atoms with Gasteiger partial charge >= 0.3 is 5.97 Å². The van der Waals surface area contributed by atoms with Gasteiger partial charge in [0, 0.05) is 60.9 Å². The Balaban J connectivity index is 0.000000188. The number of carbonyl (C=O) groups excluding carboxylic acids is 5. The third-order valence-corrected chi connectivity index (χ3v) is 12.0. The third kappa shape index (κ3) is 13.5. The number of para-hydroxylation sites is 2. The lowest BCUT2D eigenvalue weighted by atomic mass is 9.88. The van der Waals surface area contributed by atoms with Crippen LogP contribution < -0.4 is 16.0 Å². The molecule has 4 aromatic carbocycles. The zero-order chi connectivity index (χ0) is 49.9. The molecule has 0 unspecified atom stereocenters. The van der Waals surface area contributed by atoms with E-state index in [9.17, 15) is 42.7 Å². The van der Waals surface area contributed by atoms with Crippen LogP contribution in [0.25, 0.3) is 21.8 Å². The number of aromatic nitrogens is 4. The average molecular weight is 992 g/mol. The van der Waals surface area contributed by atoms with Crippen LogP contribution in [0.3, 0.4) is 0 Å². The van der Waals surface area contributed by atoms with Crippen molar-refractivity contribution in [2.24, 2.45) is 0 Å². The van der Waals surface area contributed by atoms with Gasteiger partial charge in [-0.2, -0.15) is 10.2 Å². The van der Waals surface area contributed by atoms with Crippen LogP contribution in [0, 0.1) is 11.6 Å². The predicted octanol–water partition coefficient (Wildman–Crippen LogP) is 5.23. The lowest BCUT2D eigenvalue weighted by Gasteiger charge is -2.40. The minimum Gasteiger partial charge on any atom is -0.480 e. The number of carbonyl (C=O) groups is 6. The first-order valence-corrected chi connectivity index (χ1v) is 22.6. The van der Waals surface area contributed by atoms with Gasteiger partial charge in [0.25, 0.3) is 0 Å². The Morgan fingerprint density at radius 1 is 0.667 bits per heavy atom. The molecule has 6 aromatic rings. The van der Waals surface area contributed by atoms with Crippen molar-refractivity contribution in [3.63, 3.8) is 0 Å². The van der Waals surface area contributed by atoms with Crippen molar-refractivity contribution in [1.29, 1.82) is 0 Å². The van der Waals surface area contributed by atoms with Crippen LogP contribution in [-0.2, 0) is 45.4 Å². The number of carboxylic acids is 1. The zero-order valence-electron chi connectivity index (χ0n) is 37.5. The molecule has 2 fully saturated rings. The molecule has 2 saturated carbocycles. The van der Waals surface area contributed by atoms with Crippen LogP contribution in [-0.4, -0.2) is 112 Å². The smallest absolute Gasteiger partial charge is 0.325 e. The van der Waals surface area contributed by atoms with E-state index in [2.05, 4.69) is 26.1 Å². The first kappa shape index (κ1) is 51.7. The van der Waals surface area contributed by atoms with E-state index >= 15 is 0 Å². The number of carboxylic acid groups (broad SMARTS) is 1. The van der Waals surface area contributed by atoms with E-state index in [0.29, 0.717) is 58.7 Å². The topological polar surface area (TPSA) is 238 Å². The van der Waals surface area contributed by atoms with Crippen LogP contribution >= 0.6 is 23.2 Å². The minimum absolute atomic E-state index is 0.0385. The number of aliphatic hydroxyl groups is 2. The van der Waals surface area contributed by atoms with Crippen molar-refractivity contribution >= 4 is 80.3 Å². The summed E-state index contributed by atoms with van der Waals surface area (Å²) in [5.74, 6) is -3.52. The second-order valence-electron chi connectivity index (χ2n) is 16.5. The van der Waals surface area contributed by atoms with Gasteiger partial charge in [0.15, 0.2) is 11.6 Å². The molecule has 0 atom stereocenters. The van der Waals surface area contributed by atoms with Crippen LogP contribution in [0.2, 0.25) is 10.0 Å². The number of nitrogens with zero attached hydrogens (tertiary/aromatic N) is 5. The first-order valence-electron chi connectivity index (χ1n) is 21.8. The van der Waals surface area contributed by atoms with Gasteiger partial charge in [-0.25, -0.2) is 8.78 Å². The van der Waals surface area contributed by atoms with Gasteiger partial charge in [-0.1, -0.05) is 83.9 Å². The number of Topliss-reactive ketones (excluding diaryl/α,β-unsaturated/α-hetero) is 2. The summed E-state index contributed by atoms with van der Waals surface area (Å²) in [7, 11) is 0. The fourth-order valence-corrected chi connectivity index (χ4v) is 8.01. The second-order valence-corrected chi connectivity index (χ2v) is 17.4. The number of halogens is 4. The summed E-state index contributed by atoms with van der Waals surface area (Å²) >= 11 is 11.4. The summed E-state index contributed by atoms with van der Waals surface area (Å²) in [5, 5.41) is 45.5. The Bertz CT molecular complexity index is 2860. The second kappa shape index (κ2) is 23.6. The number of nitrogens with one attached hydrogen (secondary N) is 3. The summed E-state index contributed by atoms with van der Waals surface area (Å²) < 4.78 is 30.4. The van der Waals surface area contributed by atoms with E-state index in [4.69, 9.17) is 33.4 Å². The fourth-order valence-electron chi connectivity index (χ4n) is 7.62. The number of benzene rings is 4. The quantitative estimate of drug-likeness (QED) is 0.0684. The molecule has 364 valence electrons. The zero-order valence-corrected chi connectivity index (χ0v) is 39.0. The highest BCUT2D eigenvalue weighted by atomic mass is 35.5. The predicted molar refractivity (Wildman–Crippen MR) is 251 cm³/mol. The Kier molecular flexibility index (Phi) is 17.7. The number of rotatable bonds is 16. The van der Waals surface area contributed by atoms with Gasteiger partial charge in [-0.05, 0) is 49.9 Å². The molecular weight excluding hydrogens is 941 g/mol. The van der Waals surface area contributed by atoms with Gasteiger partial charge in [0.1, 0.15) is 36.1 Å². The number of ketones is 2. The van der Waals surface area contributed by atoms with Crippen LogP contribution in [0.15, 0.2) is 84.9 Å². The summed E-state index contributed by atoms with van der Waals surface area (Å²) in [6.45, 7) is 2.36. The number of hydrogen-bond acceptors (Lipinski definition) is 11. The van der Waals surface area contributed by atoms with Crippen molar-refractivity contribution in [3.8, 4) is 0 Å². The summed E-state index contributed by atoms with van der Waals surface area (Å²) in [6, 6.07) is 23.3. The molecule has 0 spiro atoms. The van der Waals surface area contributed by atoms with E-state index < -0.39 is 29.6 Å². The average Bonchev–Trinajstić information content (AvgIpc) is 3.85. The Hall–Kier alpha value is -6.64. The van der Waals surface area contributed by atoms with Crippen molar-refractivity contribution < 1.29 is 52.9 Å². The van der Waals surface area contributed by atoms with Crippen molar-refractivity contribution in [1.82, 2.24) is 40.4 Å². The molecule has 6 N–H and O–H groups in total. The minimum atomic E-state index is -0.983. The number of aliphatic carboxylic acids is 1. The molecule has 3 amide bonds. The molecule has 0 radical (unpaired) electrons. The number of fused-ring (bicyclic) bond motifs is 2. The SMILES string of the molecule is CC(=O)c1nn(CC(=O)N(CC(=O)NCc2cccc(Cl)c2F)C2CC(O)C2)c2ccccc12.CC(=O)c1nn(CC(=O)O)c2ccccc12.O=C(CNC1CC(O)C1)NCc1cccc(Cl)c1F. The molecule has 0 bridgehead atoms. The molecule has 21 heteroatoms. The lowest BCUT2D eigenvalue weighted by Crippen LogP contribution is -2.53. The Morgan fingerprint density at radius 2 is 1.13 bits per heavy atom. The number of amides is 3. The lowest BCUT2D eigenvalue weighted by molar-refractivity contribution is -0.143. The van der Waals surface area contributed by atoms with E-state index in [0.717, 1.165) is 0 Å². The third-order valence-electron chi connectivity index (χ3n) is 11.4. The van der Waals surface area contributed by atoms with Crippen molar-refractivity contribution in [2.45, 2.75) is 90.0 Å². The summed E-state index contributed by atoms with van der Waals surface area (Å²) in [5.41, 5.74) is 2.48. The largest absolute Gasteiger partial charge is 0.480 e. The molecular formula is C48H50Cl2F2N8O9. The molecule has 0 aliphatic heterocycles. The van der Waals surface area contributed by atoms with E-state index in [1.807, 2.05) is 0 Å². The van der Waals surface area contributed by atoms with Crippen LogP contribution in [0.4, 0.5) is 8.78 Å².